The van der Waals surface area contributed by atoms with Gasteiger partial charge in [-0.05, 0) is 61.5 Å². The maximum Gasteiger partial charge on any atom is 0.253 e. The average Bonchev–Trinajstić information content (AvgIpc) is 2.68. The molecule has 0 aliphatic carbocycles. The lowest BCUT2D eigenvalue weighted by Gasteiger charge is -2.26. The number of quaternary nitrogens is 1. The third-order valence-electron chi connectivity index (χ3n) is 5.17. The fourth-order valence-corrected chi connectivity index (χ4v) is 3.91. The first kappa shape index (κ1) is 22.0. The zero-order valence-corrected chi connectivity index (χ0v) is 19.0. The number of nitrogens with zero attached hydrogens (tertiary/aromatic N) is 1. The number of nitrogens with one attached hydrogen (secondary N) is 3. The highest BCUT2D eigenvalue weighted by molar-refractivity contribution is 7.80. The van der Waals surface area contributed by atoms with Gasteiger partial charge in [-0.15, -0.1) is 0 Å². The molecule has 0 unspecified atom stereocenters. The molecule has 1 heterocycles. The molecule has 3 N–H and O–H groups in total. The summed E-state index contributed by atoms with van der Waals surface area (Å²) in [6.45, 7) is 6.42. The van der Waals surface area contributed by atoms with Crippen LogP contribution in [0.15, 0.2) is 53.3 Å². The van der Waals surface area contributed by atoms with Gasteiger partial charge in [0.25, 0.3) is 5.56 Å². The van der Waals surface area contributed by atoms with E-state index in [1.165, 1.54) is 4.90 Å². The van der Waals surface area contributed by atoms with E-state index >= 15 is 0 Å². The Balaban J connectivity index is 1.86. The molecule has 3 aromatic rings. The predicted octanol–water partition coefficient (Wildman–Crippen LogP) is 2.88. The maximum absolute atomic E-state index is 12.8. The van der Waals surface area contributed by atoms with E-state index in [4.69, 9.17) is 12.2 Å². The molecule has 5 nitrogen and oxygen atoms in total. The number of para-hydroxylation sites is 1. The Kier molecular flexibility index (Phi) is 7.24. The first-order chi connectivity index (χ1) is 14.3. The highest BCUT2D eigenvalue weighted by atomic mass is 32.1. The second-order valence-electron chi connectivity index (χ2n) is 8.20. The van der Waals surface area contributed by atoms with Crippen LogP contribution in [0.3, 0.4) is 0 Å². The number of pyridine rings is 1. The lowest BCUT2D eigenvalue weighted by molar-refractivity contribution is -0.858. The monoisotopic (exact) mass is 423 g/mol. The van der Waals surface area contributed by atoms with E-state index in [1.807, 2.05) is 49.4 Å². The number of hydrogen-bond acceptors (Lipinski definition) is 2. The summed E-state index contributed by atoms with van der Waals surface area (Å²) in [7, 11) is 4.29. The number of aromatic nitrogens is 1. The summed E-state index contributed by atoms with van der Waals surface area (Å²) in [4.78, 5) is 19.3. The third-order valence-corrected chi connectivity index (χ3v) is 5.53. The van der Waals surface area contributed by atoms with Gasteiger partial charge in [-0.3, -0.25) is 4.79 Å². The Morgan fingerprint density at radius 2 is 1.87 bits per heavy atom. The molecule has 0 aliphatic heterocycles. The van der Waals surface area contributed by atoms with Crippen molar-refractivity contribution in [1.82, 2.24) is 9.88 Å². The van der Waals surface area contributed by atoms with Gasteiger partial charge < -0.3 is 20.1 Å². The van der Waals surface area contributed by atoms with Gasteiger partial charge in [0.2, 0.25) is 0 Å². The summed E-state index contributed by atoms with van der Waals surface area (Å²) in [5.74, 6) is 0. The Morgan fingerprint density at radius 3 is 2.57 bits per heavy atom. The number of thiocarbonyl (C=S) groups is 1. The van der Waals surface area contributed by atoms with E-state index in [0.717, 1.165) is 52.8 Å². The fourth-order valence-electron chi connectivity index (χ4n) is 3.64. The van der Waals surface area contributed by atoms with Crippen LogP contribution < -0.4 is 15.8 Å². The highest BCUT2D eigenvalue weighted by Crippen LogP contribution is 2.19. The minimum Gasteiger partial charge on any atom is -0.344 e. The van der Waals surface area contributed by atoms with E-state index in [2.05, 4.69) is 42.3 Å². The Morgan fingerprint density at radius 1 is 1.13 bits per heavy atom. The van der Waals surface area contributed by atoms with Crippen molar-refractivity contribution in [1.29, 1.82) is 0 Å². The molecule has 0 atom stereocenters. The van der Waals surface area contributed by atoms with Crippen LogP contribution in [-0.4, -0.2) is 42.2 Å². The van der Waals surface area contributed by atoms with Gasteiger partial charge in [0.05, 0.1) is 27.2 Å². The van der Waals surface area contributed by atoms with Crippen molar-refractivity contribution in [2.45, 2.75) is 26.8 Å². The van der Waals surface area contributed by atoms with Crippen molar-refractivity contribution in [2.24, 2.45) is 0 Å². The molecule has 2 aromatic carbocycles. The van der Waals surface area contributed by atoms with Crippen molar-refractivity contribution in [2.75, 3.05) is 32.5 Å². The largest absolute Gasteiger partial charge is 0.344 e. The fraction of sp³-hybridized carbons (Fsp3) is 0.333. The van der Waals surface area contributed by atoms with Crippen molar-refractivity contribution in [3.8, 4) is 0 Å². The number of anilines is 1. The van der Waals surface area contributed by atoms with Gasteiger partial charge in [-0.25, -0.2) is 0 Å². The molecule has 158 valence electrons. The summed E-state index contributed by atoms with van der Waals surface area (Å²) in [5, 5.41) is 5.03. The molecule has 0 saturated carbocycles. The van der Waals surface area contributed by atoms with Crippen molar-refractivity contribution in [3.63, 3.8) is 0 Å². The summed E-state index contributed by atoms with van der Waals surface area (Å²) in [5.41, 5.74) is 4.81. The lowest BCUT2D eigenvalue weighted by Crippen LogP contribution is -3.05. The van der Waals surface area contributed by atoms with Crippen LogP contribution in [0.4, 0.5) is 5.69 Å². The van der Waals surface area contributed by atoms with Crippen LogP contribution in [0.5, 0.6) is 0 Å². The summed E-state index contributed by atoms with van der Waals surface area (Å²) in [6, 6.07) is 16.1. The quantitative estimate of drug-likeness (QED) is 0.512. The normalized spacial score (nSPS) is 11.1. The van der Waals surface area contributed by atoms with Gasteiger partial charge in [0.15, 0.2) is 5.11 Å². The van der Waals surface area contributed by atoms with Gasteiger partial charge in [-0.1, -0.05) is 24.3 Å². The second kappa shape index (κ2) is 9.87. The molecule has 0 bridgehead atoms. The smallest absolute Gasteiger partial charge is 0.253 e. The number of aryl methyl sites for hydroxylation is 2. The van der Waals surface area contributed by atoms with E-state index in [0.29, 0.717) is 11.7 Å². The Labute approximate surface area is 183 Å². The Hall–Kier alpha value is -2.70. The predicted molar refractivity (Wildman–Crippen MR) is 129 cm³/mol. The number of aromatic amines is 1. The number of H-pyrrole nitrogens is 1. The first-order valence-electron chi connectivity index (χ1n) is 10.4. The van der Waals surface area contributed by atoms with Crippen LogP contribution in [0, 0.1) is 13.8 Å². The van der Waals surface area contributed by atoms with E-state index in [9.17, 15) is 4.79 Å². The first-order valence-corrected chi connectivity index (χ1v) is 10.8. The molecule has 0 aliphatic rings. The van der Waals surface area contributed by atoms with E-state index in [-0.39, 0.29) is 5.56 Å². The molecule has 0 fully saturated rings. The van der Waals surface area contributed by atoms with Crippen LogP contribution in [-0.2, 0) is 6.54 Å². The lowest BCUT2D eigenvalue weighted by atomic mass is 10.0. The van der Waals surface area contributed by atoms with E-state index in [1.54, 1.807) is 0 Å². The number of hydrogen-bond donors (Lipinski definition) is 3. The second-order valence-corrected chi connectivity index (χ2v) is 8.58. The molecule has 0 amide bonds. The molecule has 0 radical (unpaired) electrons. The molecule has 30 heavy (non-hydrogen) atoms. The summed E-state index contributed by atoms with van der Waals surface area (Å²) < 4.78 is 0. The number of benzene rings is 2. The molecular weight excluding hydrogens is 392 g/mol. The molecule has 1 aromatic heterocycles. The zero-order chi connectivity index (χ0) is 21.7. The molecule has 6 heteroatoms. The molecule has 0 saturated heterocycles. The van der Waals surface area contributed by atoms with Crippen molar-refractivity contribution in [3.05, 3.63) is 75.6 Å². The molecular formula is C24H31N4OS+. The van der Waals surface area contributed by atoms with Crippen LogP contribution in [0.2, 0.25) is 0 Å². The van der Waals surface area contributed by atoms with Gasteiger partial charge in [-0.2, -0.15) is 0 Å². The Bertz CT molecular complexity index is 1080. The average molecular weight is 424 g/mol. The van der Waals surface area contributed by atoms with Crippen LogP contribution in [0.25, 0.3) is 10.9 Å². The van der Waals surface area contributed by atoms with Gasteiger partial charge >= 0.3 is 0 Å². The molecule has 0 spiro atoms. The van der Waals surface area contributed by atoms with Gasteiger partial charge in [0.1, 0.15) is 0 Å². The van der Waals surface area contributed by atoms with Crippen molar-refractivity contribution < 1.29 is 4.90 Å². The van der Waals surface area contributed by atoms with Gasteiger partial charge in [0, 0.05) is 35.1 Å². The topological polar surface area (TPSA) is 52.6 Å². The van der Waals surface area contributed by atoms with Crippen LogP contribution in [0.1, 0.15) is 23.1 Å². The van der Waals surface area contributed by atoms with Crippen LogP contribution >= 0.6 is 12.2 Å². The SMILES string of the molecule is Cc1cc(C)c2cc(CN(CCC[NH+](C)C)C(=S)Nc3ccccc3)c(=O)[nH]c2c1. The summed E-state index contributed by atoms with van der Waals surface area (Å²) in [6.07, 6.45) is 0.989. The minimum atomic E-state index is -0.0572. The minimum absolute atomic E-state index is 0.0572. The van der Waals surface area contributed by atoms with Crippen molar-refractivity contribution >= 4 is 33.9 Å². The highest BCUT2D eigenvalue weighted by Gasteiger charge is 2.15. The third kappa shape index (κ3) is 5.68. The number of fused-ring (bicyclic) bond motifs is 1. The summed E-state index contributed by atoms with van der Waals surface area (Å²) >= 11 is 5.71. The van der Waals surface area contributed by atoms with E-state index < -0.39 is 0 Å². The molecule has 3 rings (SSSR count). The zero-order valence-electron chi connectivity index (χ0n) is 18.2. The number of rotatable bonds is 7. The maximum atomic E-state index is 12.8. The standard InChI is InChI=1S/C24H30N4OS/c1-17-13-18(2)21-15-19(23(29)26-22(21)14-17)16-28(12-8-11-27(3)4)24(30)25-20-9-6-5-7-10-20/h5-7,9-10,13-15H,8,11-12,16H2,1-4H3,(H,25,30)(H,26,29)/p+1.